The van der Waals surface area contributed by atoms with E-state index in [9.17, 15) is 0 Å². The van der Waals surface area contributed by atoms with Crippen molar-refractivity contribution < 1.29 is 0 Å². The molecule has 0 aliphatic carbocycles. The number of para-hydroxylation sites is 1. The van der Waals surface area contributed by atoms with Gasteiger partial charge in [0.1, 0.15) is 0 Å². The molecule has 0 spiro atoms. The molecule has 98 valence electrons. The third kappa shape index (κ3) is 2.48. The lowest BCUT2D eigenvalue weighted by molar-refractivity contribution is 0.711. The van der Waals surface area contributed by atoms with Gasteiger partial charge in [0, 0.05) is 11.4 Å². The summed E-state index contributed by atoms with van der Waals surface area (Å²) < 4.78 is 3.80. The van der Waals surface area contributed by atoms with Crippen molar-refractivity contribution in [3.63, 3.8) is 0 Å². The maximum absolute atomic E-state index is 5.96. The van der Waals surface area contributed by atoms with E-state index in [1.807, 2.05) is 12.1 Å². The lowest BCUT2D eigenvalue weighted by Gasteiger charge is -2.05. The van der Waals surface area contributed by atoms with Gasteiger partial charge in [0.2, 0.25) is 0 Å². The average molecular weight is 309 g/mol. The highest BCUT2D eigenvalue weighted by molar-refractivity contribution is 7.71. The van der Waals surface area contributed by atoms with Crippen molar-refractivity contribution in [2.75, 3.05) is 0 Å². The van der Waals surface area contributed by atoms with Gasteiger partial charge in [-0.3, -0.25) is 0 Å². The van der Waals surface area contributed by atoms with E-state index in [0.29, 0.717) is 0 Å². The minimum absolute atomic E-state index is 0.784. The molecule has 0 bridgehead atoms. The molecule has 0 unspecified atom stereocenters. The van der Waals surface area contributed by atoms with Gasteiger partial charge in [-0.15, -0.1) is 11.3 Å². The first-order valence-corrected chi connectivity index (χ1v) is 7.68. The Hall–Kier alpha value is -1.10. The predicted octanol–water partition coefficient (Wildman–Crippen LogP) is 4.96. The molecule has 1 N–H and O–H groups in total. The molecule has 19 heavy (non-hydrogen) atoms. The fourth-order valence-corrected chi connectivity index (χ4v) is 3.69. The van der Waals surface area contributed by atoms with E-state index in [-0.39, 0.29) is 0 Å². The van der Waals surface area contributed by atoms with E-state index in [2.05, 4.69) is 34.7 Å². The molecule has 2 heterocycles. The second kappa shape index (κ2) is 5.12. The zero-order chi connectivity index (χ0) is 13.4. The van der Waals surface area contributed by atoms with Crippen LogP contribution in [-0.4, -0.2) is 9.55 Å². The summed E-state index contributed by atoms with van der Waals surface area (Å²) in [5.41, 5.74) is 3.55. The molecule has 2 aromatic heterocycles. The summed E-state index contributed by atoms with van der Waals surface area (Å²) in [5.74, 6) is 0. The van der Waals surface area contributed by atoms with Crippen LogP contribution in [0.4, 0.5) is 0 Å². The van der Waals surface area contributed by atoms with Crippen molar-refractivity contribution in [1.82, 2.24) is 9.55 Å². The molecule has 5 heteroatoms. The minimum atomic E-state index is 0.784. The van der Waals surface area contributed by atoms with Crippen molar-refractivity contribution in [3.8, 4) is 0 Å². The molecule has 0 amide bonds. The first-order valence-electron chi connectivity index (χ1n) is 6.07. The fourth-order valence-electron chi connectivity index (χ4n) is 2.32. The quantitative estimate of drug-likeness (QED) is 0.678. The molecule has 0 saturated carbocycles. The number of benzene rings is 1. The molecule has 2 nitrogen and oxygen atoms in total. The van der Waals surface area contributed by atoms with E-state index in [0.717, 1.165) is 27.6 Å². The van der Waals surface area contributed by atoms with E-state index in [1.54, 1.807) is 11.3 Å². The number of hydrogen-bond donors (Lipinski definition) is 1. The Balaban J connectivity index is 1.96. The molecule has 3 rings (SSSR count). The van der Waals surface area contributed by atoms with Crippen LogP contribution in [0.1, 0.15) is 10.4 Å². The van der Waals surface area contributed by atoms with Crippen molar-refractivity contribution in [1.29, 1.82) is 0 Å². The third-order valence-corrected chi connectivity index (χ3v) is 4.82. The first kappa shape index (κ1) is 12.9. The van der Waals surface area contributed by atoms with Crippen LogP contribution in [0.2, 0.25) is 4.34 Å². The molecule has 0 atom stereocenters. The highest BCUT2D eigenvalue weighted by Gasteiger charge is 2.07. The van der Waals surface area contributed by atoms with Crippen LogP contribution in [0.3, 0.4) is 0 Å². The normalized spacial score (nSPS) is 11.3. The molecule has 0 saturated heterocycles. The van der Waals surface area contributed by atoms with E-state index < -0.39 is 0 Å². The molecule has 1 aromatic carbocycles. The van der Waals surface area contributed by atoms with Gasteiger partial charge >= 0.3 is 0 Å². The van der Waals surface area contributed by atoms with Crippen LogP contribution in [0.15, 0.2) is 30.3 Å². The molecule has 0 aliphatic heterocycles. The largest absolute Gasteiger partial charge is 0.331 e. The number of imidazole rings is 1. The number of rotatable bonds is 3. The van der Waals surface area contributed by atoms with E-state index in [1.165, 1.54) is 16.0 Å². The fraction of sp³-hybridized carbons (Fsp3) is 0.214. The number of aromatic nitrogens is 2. The third-order valence-electron chi connectivity index (χ3n) is 3.21. The summed E-state index contributed by atoms with van der Waals surface area (Å²) in [5, 5.41) is 0. The van der Waals surface area contributed by atoms with Crippen LogP contribution in [0, 0.1) is 11.7 Å². The molecular weight excluding hydrogens is 296 g/mol. The smallest absolute Gasteiger partial charge is 0.178 e. The lowest BCUT2D eigenvalue weighted by Crippen LogP contribution is -2.01. The minimum Gasteiger partial charge on any atom is -0.331 e. The van der Waals surface area contributed by atoms with Crippen LogP contribution < -0.4 is 0 Å². The number of nitrogens with one attached hydrogen (secondary N) is 1. The van der Waals surface area contributed by atoms with Gasteiger partial charge in [-0.1, -0.05) is 23.7 Å². The predicted molar refractivity (Wildman–Crippen MR) is 84.9 cm³/mol. The number of fused-ring (bicyclic) bond motifs is 1. The summed E-state index contributed by atoms with van der Waals surface area (Å²) >= 11 is 13.0. The van der Waals surface area contributed by atoms with Gasteiger partial charge in [0.05, 0.1) is 15.4 Å². The van der Waals surface area contributed by atoms with Gasteiger partial charge in [-0.25, -0.2) is 0 Å². The monoisotopic (exact) mass is 308 g/mol. The number of aryl methyl sites for hydroxylation is 3. The van der Waals surface area contributed by atoms with Crippen LogP contribution in [0.25, 0.3) is 11.0 Å². The molecule has 0 radical (unpaired) electrons. The standard InChI is InChI=1S/C14H13ClN2S2/c1-9-3-2-4-11-13(9)17(14(18)16-11)8-7-10-5-6-12(15)19-10/h2-6H,7-8H2,1H3,(H,16,18). The van der Waals surface area contributed by atoms with Crippen molar-refractivity contribution >= 4 is 46.2 Å². The van der Waals surface area contributed by atoms with Crippen LogP contribution in [0.5, 0.6) is 0 Å². The zero-order valence-electron chi connectivity index (χ0n) is 10.4. The number of hydrogen-bond acceptors (Lipinski definition) is 2. The summed E-state index contributed by atoms with van der Waals surface area (Å²) in [4.78, 5) is 4.55. The van der Waals surface area contributed by atoms with Gasteiger partial charge in [0.15, 0.2) is 4.77 Å². The maximum atomic E-state index is 5.96. The van der Waals surface area contributed by atoms with Crippen molar-refractivity contribution in [3.05, 3.63) is 49.9 Å². The average Bonchev–Trinajstić information content (AvgIpc) is 2.91. The maximum Gasteiger partial charge on any atom is 0.178 e. The molecule has 0 aliphatic rings. The summed E-state index contributed by atoms with van der Waals surface area (Å²) in [6.45, 7) is 2.99. The van der Waals surface area contributed by atoms with Gasteiger partial charge < -0.3 is 9.55 Å². The van der Waals surface area contributed by atoms with Crippen LogP contribution >= 0.6 is 35.2 Å². The SMILES string of the molecule is Cc1cccc2[nH]c(=S)n(CCc3ccc(Cl)s3)c12. The Labute approximate surface area is 125 Å². The first-order chi connectivity index (χ1) is 9.15. The van der Waals surface area contributed by atoms with Gasteiger partial charge in [-0.05, 0) is 49.3 Å². The second-order valence-electron chi connectivity index (χ2n) is 4.51. The highest BCUT2D eigenvalue weighted by Crippen LogP contribution is 2.23. The van der Waals surface area contributed by atoms with E-state index >= 15 is 0 Å². The van der Waals surface area contributed by atoms with Crippen molar-refractivity contribution in [2.45, 2.75) is 19.9 Å². The summed E-state index contributed by atoms with van der Waals surface area (Å²) in [6.07, 6.45) is 0.951. The molecule has 3 aromatic rings. The summed E-state index contributed by atoms with van der Waals surface area (Å²) in [6, 6.07) is 10.3. The molecule has 0 fully saturated rings. The van der Waals surface area contributed by atoms with Gasteiger partial charge in [0.25, 0.3) is 0 Å². The Morgan fingerprint density at radius 2 is 2.16 bits per heavy atom. The Kier molecular flexibility index (Phi) is 3.48. The number of halogens is 1. The Bertz CT molecular complexity index is 782. The van der Waals surface area contributed by atoms with E-state index in [4.69, 9.17) is 23.8 Å². The number of thiophene rings is 1. The Morgan fingerprint density at radius 1 is 1.32 bits per heavy atom. The second-order valence-corrected chi connectivity index (χ2v) is 6.70. The lowest BCUT2D eigenvalue weighted by atomic mass is 10.2. The summed E-state index contributed by atoms with van der Waals surface area (Å²) in [7, 11) is 0. The topological polar surface area (TPSA) is 20.7 Å². The Morgan fingerprint density at radius 3 is 2.89 bits per heavy atom. The zero-order valence-corrected chi connectivity index (χ0v) is 12.8. The van der Waals surface area contributed by atoms with Crippen molar-refractivity contribution in [2.24, 2.45) is 0 Å². The van der Waals surface area contributed by atoms with Crippen LogP contribution in [-0.2, 0) is 13.0 Å². The number of H-pyrrole nitrogens is 1. The highest BCUT2D eigenvalue weighted by atomic mass is 35.5. The molecular formula is C14H13ClN2S2. The number of nitrogens with zero attached hydrogens (tertiary/aromatic N) is 1. The van der Waals surface area contributed by atoms with Gasteiger partial charge in [-0.2, -0.15) is 0 Å². The number of aromatic amines is 1.